The van der Waals surface area contributed by atoms with Crippen LogP contribution in [-0.2, 0) is 6.42 Å². The molecule has 1 aromatic heterocycles. The molecule has 24 heavy (non-hydrogen) atoms. The average Bonchev–Trinajstić information content (AvgIpc) is 3.05. The number of rotatable bonds is 3. The zero-order chi connectivity index (χ0) is 16.5. The third kappa shape index (κ3) is 2.71. The van der Waals surface area contributed by atoms with Gasteiger partial charge in [0.2, 0.25) is 0 Å². The van der Waals surface area contributed by atoms with Crippen LogP contribution in [0.25, 0.3) is 0 Å². The summed E-state index contributed by atoms with van der Waals surface area (Å²) in [5.74, 6) is 2.01. The fourth-order valence-electron chi connectivity index (χ4n) is 3.31. The van der Waals surface area contributed by atoms with Crippen molar-refractivity contribution < 1.29 is 19.0 Å². The number of benzene rings is 1. The van der Waals surface area contributed by atoms with Crippen molar-refractivity contribution in [2.75, 3.05) is 20.3 Å². The molecular formula is C18H19NO4S. The first-order valence-corrected chi connectivity index (χ1v) is 8.99. The number of hydrogen-bond donors (Lipinski definition) is 1. The lowest BCUT2D eigenvalue weighted by Crippen LogP contribution is -2.31. The molecule has 0 radical (unpaired) electrons. The highest BCUT2D eigenvalue weighted by atomic mass is 32.1. The fraction of sp³-hybridized carbons (Fsp3) is 0.389. The van der Waals surface area contributed by atoms with Gasteiger partial charge < -0.3 is 19.5 Å². The lowest BCUT2D eigenvalue weighted by Gasteiger charge is -2.27. The Hall–Kier alpha value is -2.21. The zero-order valence-electron chi connectivity index (χ0n) is 13.5. The molecule has 1 aliphatic carbocycles. The van der Waals surface area contributed by atoms with Gasteiger partial charge in [-0.25, -0.2) is 0 Å². The van der Waals surface area contributed by atoms with Gasteiger partial charge in [0, 0.05) is 5.38 Å². The van der Waals surface area contributed by atoms with Gasteiger partial charge in [-0.15, -0.1) is 11.3 Å². The van der Waals surface area contributed by atoms with Crippen LogP contribution >= 0.6 is 11.3 Å². The van der Waals surface area contributed by atoms with Crippen LogP contribution < -0.4 is 19.5 Å². The van der Waals surface area contributed by atoms with E-state index in [1.54, 1.807) is 7.11 Å². The Labute approximate surface area is 144 Å². The van der Waals surface area contributed by atoms with Crippen molar-refractivity contribution in [1.82, 2.24) is 5.32 Å². The molecule has 2 aliphatic rings. The van der Waals surface area contributed by atoms with E-state index in [0.29, 0.717) is 29.6 Å². The Kier molecular flexibility index (Phi) is 4.06. The summed E-state index contributed by atoms with van der Waals surface area (Å²) in [4.78, 5) is 13.3. The minimum Gasteiger partial charge on any atom is -0.497 e. The molecule has 0 spiro atoms. The predicted molar refractivity (Wildman–Crippen MR) is 91.4 cm³/mol. The lowest BCUT2D eigenvalue weighted by molar-refractivity contribution is 0.0928. The molecule has 1 N–H and O–H groups in total. The number of amides is 1. The number of thiophene rings is 1. The van der Waals surface area contributed by atoms with E-state index >= 15 is 0 Å². The quantitative estimate of drug-likeness (QED) is 0.927. The summed E-state index contributed by atoms with van der Waals surface area (Å²) >= 11 is 1.37. The second kappa shape index (κ2) is 6.36. The first kappa shape index (κ1) is 15.3. The number of hydrogen-bond acceptors (Lipinski definition) is 5. The van der Waals surface area contributed by atoms with Crippen LogP contribution in [0.1, 0.15) is 39.7 Å². The molecule has 2 aromatic rings. The van der Waals surface area contributed by atoms with E-state index in [0.717, 1.165) is 25.0 Å². The van der Waals surface area contributed by atoms with E-state index in [-0.39, 0.29) is 11.9 Å². The predicted octanol–water partition coefficient (Wildman–Crippen LogP) is 3.34. The van der Waals surface area contributed by atoms with Crippen molar-refractivity contribution in [2.45, 2.75) is 25.3 Å². The molecule has 1 aliphatic heterocycles. The zero-order valence-corrected chi connectivity index (χ0v) is 14.3. The molecule has 2 heterocycles. The monoisotopic (exact) mass is 345 g/mol. The first-order chi connectivity index (χ1) is 11.8. The van der Waals surface area contributed by atoms with E-state index < -0.39 is 0 Å². The highest BCUT2D eigenvalue weighted by Gasteiger charge is 2.27. The Morgan fingerprint density at radius 1 is 1.33 bits per heavy atom. The molecule has 1 aromatic carbocycles. The van der Waals surface area contributed by atoms with Crippen LogP contribution in [0.15, 0.2) is 23.6 Å². The number of carbonyl (C=O) groups excluding carboxylic acids is 1. The number of carbonyl (C=O) groups is 1. The van der Waals surface area contributed by atoms with E-state index in [2.05, 4.69) is 17.4 Å². The van der Waals surface area contributed by atoms with E-state index in [1.165, 1.54) is 22.5 Å². The summed E-state index contributed by atoms with van der Waals surface area (Å²) in [6, 6.07) is 6.10. The normalized spacial score (nSPS) is 18.6. The smallest absolute Gasteiger partial charge is 0.265 e. The molecule has 0 saturated heterocycles. The van der Waals surface area contributed by atoms with Gasteiger partial charge in [0.05, 0.1) is 13.2 Å². The Morgan fingerprint density at radius 3 is 3.08 bits per heavy atom. The van der Waals surface area contributed by atoms with Crippen LogP contribution in [0, 0.1) is 0 Å². The van der Waals surface area contributed by atoms with Crippen LogP contribution in [-0.4, -0.2) is 26.2 Å². The van der Waals surface area contributed by atoms with E-state index in [4.69, 9.17) is 14.2 Å². The number of aryl methyl sites for hydroxylation is 1. The van der Waals surface area contributed by atoms with Crippen molar-refractivity contribution >= 4 is 17.2 Å². The summed E-state index contributed by atoms with van der Waals surface area (Å²) < 4.78 is 16.4. The molecule has 1 amide bonds. The van der Waals surface area contributed by atoms with Gasteiger partial charge in [-0.05, 0) is 42.5 Å². The summed E-state index contributed by atoms with van der Waals surface area (Å²) in [5, 5.41) is 5.00. The second-order valence-corrected chi connectivity index (χ2v) is 6.82. The van der Waals surface area contributed by atoms with Gasteiger partial charge in [-0.3, -0.25) is 4.79 Å². The maximum absolute atomic E-state index is 12.7. The summed E-state index contributed by atoms with van der Waals surface area (Å²) in [7, 11) is 1.67. The molecule has 0 fully saturated rings. The molecule has 0 bridgehead atoms. The molecule has 0 saturated carbocycles. The van der Waals surface area contributed by atoms with Crippen molar-refractivity contribution in [3.05, 3.63) is 39.6 Å². The maximum Gasteiger partial charge on any atom is 0.265 e. The number of nitrogens with one attached hydrogen (secondary N) is 1. The SMILES string of the molecule is COc1ccc2c(c1)CCC[C@H]2NC(=O)c1scc2c1OCCO2. The highest BCUT2D eigenvalue weighted by molar-refractivity contribution is 7.12. The minimum atomic E-state index is -0.0968. The number of fused-ring (bicyclic) bond motifs is 2. The van der Waals surface area contributed by atoms with Gasteiger partial charge in [-0.1, -0.05) is 6.07 Å². The van der Waals surface area contributed by atoms with Crippen molar-refractivity contribution in [3.8, 4) is 17.2 Å². The van der Waals surface area contributed by atoms with Crippen LogP contribution in [0.5, 0.6) is 17.2 Å². The fourth-order valence-corrected chi connectivity index (χ4v) is 4.14. The summed E-state index contributed by atoms with van der Waals surface area (Å²) in [6.07, 6.45) is 3.01. The summed E-state index contributed by atoms with van der Waals surface area (Å²) in [6.45, 7) is 1.01. The van der Waals surface area contributed by atoms with Crippen LogP contribution in [0.4, 0.5) is 0 Å². The average molecular weight is 345 g/mol. The van der Waals surface area contributed by atoms with E-state index in [1.807, 2.05) is 11.4 Å². The largest absolute Gasteiger partial charge is 0.497 e. The standard InChI is InChI=1S/C18H19NO4S/c1-21-12-5-6-13-11(9-12)3-2-4-14(13)19-18(20)17-16-15(10-24-17)22-7-8-23-16/h5-6,9-10,14H,2-4,7-8H2,1H3,(H,19,20)/t14-/m1/s1. The Balaban J connectivity index is 1.56. The first-order valence-electron chi connectivity index (χ1n) is 8.11. The third-order valence-electron chi connectivity index (χ3n) is 4.48. The van der Waals surface area contributed by atoms with Crippen LogP contribution in [0.2, 0.25) is 0 Å². The molecular weight excluding hydrogens is 326 g/mol. The molecule has 1 atom stereocenters. The highest BCUT2D eigenvalue weighted by Crippen LogP contribution is 2.40. The molecule has 0 unspecified atom stereocenters. The van der Waals surface area contributed by atoms with Gasteiger partial charge in [0.15, 0.2) is 11.5 Å². The number of ether oxygens (including phenoxy) is 3. The molecule has 5 nitrogen and oxygen atoms in total. The van der Waals surface area contributed by atoms with Gasteiger partial charge in [-0.2, -0.15) is 0 Å². The van der Waals surface area contributed by atoms with Gasteiger partial charge in [0.25, 0.3) is 5.91 Å². The third-order valence-corrected chi connectivity index (χ3v) is 5.42. The lowest BCUT2D eigenvalue weighted by atomic mass is 9.87. The van der Waals surface area contributed by atoms with Gasteiger partial charge >= 0.3 is 0 Å². The Morgan fingerprint density at radius 2 is 2.21 bits per heavy atom. The van der Waals surface area contributed by atoms with Crippen LogP contribution in [0.3, 0.4) is 0 Å². The molecule has 6 heteroatoms. The minimum absolute atomic E-state index is 0.0226. The summed E-state index contributed by atoms with van der Waals surface area (Å²) in [5.41, 5.74) is 2.43. The molecule has 4 rings (SSSR count). The number of methoxy groups -OCH3 is 1. The van der Waals surface area contributed by atoms with Crippen molar-refractivity contribution in [1.29, 1.82) is 0 Å². The second-order valence-electron chi connectivity index (χ2n) is 5.94. The topological polar surface area (TPSA) is 56.8 Å². The maximum atomic E-state index is 12.7. The van der Waals surface area contributed by atoms with Crippen molar-refractivity contribution in [2.24, 2.45) is 0 Å². The Bertz CT molecular complexity index is 770. The van der Waals surface area contributed by atoms with E-state index in [9.17, 15) is 4.79 Å². The van der Waals surface area contributed by atoms with Crippen molar-refractivity contribution in [3.63, 3.8) is 0 Å². The molecule has 126 valence electrons. The van der Waals surface area contributed by atoms with Gasteiger partial charge in [0.1, 0.15) is 23.8 Å².